The highest BCUT2D eigenvalue weighted by Crippen LogP contribution is 2.21. The third-order valence-electron chi connectivity index (χ3n) is 4.10. The molecule has 0 amide bonds. The quantitative estimate of drug-likeness (QED) is 0.812. The highest BCUT2D eigenvalue weighted by atomic mass is 79.9. The number of nitrogens with one attached hydrogen (secondary N) is 1. The zero-order chi connectivity index (χ0) is 15.1. The van der Waals surface area contributed by atoms with Crippen molar-refractivity contribution in [2.24, 2.45) is 0 Å². The summed E-state index contributed by atoms with van der Waals surface area (Å²) in [6.45, 7) is 13.5. The molecular formula is C17H28BrN3. The Bertz CT molecular complexity index is 428. The van der Waals surface area contributed by atoms with Crippen LogP contribution in [0.5, 0.6) is 0 Å². The smallest absolute Gasteiger partial charge is 0.0246 e. The van der Waals surface area contributed by atoms with Crippen molar-refractivity contribution in [3.8, 4) is 0 Å². The Morgan fingerprint density at radius 2 is 1.81 bits per heavy atom. The molecule has 0 aliphatic carbocycles. The van der Waals surface area contributed by atoms with Crippen molar-refractivity contribution >= 4 is 15.9 Å². The van der Waals surface area contributed by atoms with Crippen molar-refractivity contribution in [2.45, 2.75) is 33.4 Å². The predicted octanol–water partition coefficient (Wildman–Crippen LogP) is 3.09. The summed E-state index contributed by atoms with van der Waals surface area (Å²) in [6, 6.07) is 6.77. The van der Waals surface area contributed by atoms with Gasteiger partial charge in [-0.3, -0.25) is 4.90 Å². The van der Waals surface area contributed by atoms with Gasteiger partial charge in [0.15, 0.2) is 0 Å². The van der Waals surface area contributed by atoms with E-state index < -0.39 is 0 Å². The van der Waals surface area contributed by atoms with Gasteiger partial charge in [-0.2, -0.15) is 0 Å². The van der Waals surface area contributed by atoms with Gasteiger partial charge in [-0.05, 0) is 36.7 Å². The lowest BCUT2D eigenvalue weighted by Crippen LogP contribution is -2.46. The SMILES string of the molecule is CCCN1CCN(Cc2ccc(CNCC)cc2Br)CC1. The second kappa shape index (κ2) is 8.89. The summed E-state index contributed by atoms with van der Waals surface area (Å²) in [6.07, 6.45) is 1.26. The Morgan fingerprint density at radius 3 is 2.43 bits per heavy atom. The lowest BCUT2D eigenvalue weighted by atomic mass is 10.1. The fourth-order valence-corrected chi connectivity index (χ4v) is 3.38. The molecule has 0 bridgehead atoms. The molecule has 3 nitrogen and oxygen atoms in total. The Morgan fingerprint density at radius 1 is 1.10 bits per heavy atom. The molecule has 0 unspecified atom stereocenters. The Kier molecular flexibility index (Phi) is 7.17. The number of rotatable bonds is 7. The van der Waals surface area contributed by atoms with Gasteiger partial charge >= 0.3 is 0 Å². The van der Waals surface area contributed by atoms with Crippen LogP contribution in [0, 0.1) is 0 Å². The third kappa shape index (κ3) is 5.37. The minimum absolute atomic E-state index is 0.949. The van der Waals surface area contributed by atoms with Crippen LogP contribution < -0.4 is 5.32 Å². The van der Waals surface area contributed by atoms with Gasteiger partial charge in [-0.1, -0.05) is 41.9 Å². The first-order chi connectivity index (χ1) is 10.2. The van der Waals surface area contributed by atoms with Gasteiger partial charge in [-0.15, -0.1) is 0 Å². The highest BCUT2D eigenvalue weighted by Gasteiger charge is 2.16. The van der Waals surface area contributed by atoms with E-state index in [1.165, 1.54) is 54.7 Å². The van der Waals surface area contributed by atoms with Crippen molar-refractivity contribution in [1.29, 1.82) is 0 Å². The van der Waals surface area contributed by atoms with E-state index in [2.05, 4.69) is 63.1 Å². The van der Waals surface area contributed by atoms with Crippen LogP contribution in [0.15, 0.2) is 22.7 Å². The monoisotopic (exact) mass is 353 g/mol. The average Bonchev–Trinajstić information content (AvgIpc) is 2.50. The summed E-state index contributed by atoms with van der Waals surface area (Å²) in [4.78, 5) is 5.14. The third-order valence-corrected chi connectivity index (χ3v) is 4.83. The van der Waals surface area contributed by atoms with Crippen LogP contribution in [0.4, 0.5) is 0 Å². The van der Waals surface area contributed by atoms with Crippen molar-refractivity contribution in [1.82, 2.24) is 15.1 Å². The fourth-order valence-electron chi connectivity index (χ4n) is 2.83. The van der Waals surface area contributed by atoms with E-state index in [0.717, 1.165) is 19.6 Å². The molecule has 1 N–H and O–H groups in total. The van der Waals surface area contributed by atoms with Crippen LogP contribution >= 0.6 is 15.9 Å². The number of nitrogens with zero attached hydrogens (tertiary/aromatic N) is 2. The van der Waals surface area contributed by atoms with Crippen molar-refractivity contribution in [2.75, 3.05) is 39.3 Å². The minimum Gasteiger partial charge on any atom is -0.313 e. The average molecular weight is 354 g/mol. The minimum atomic E-state index is 0.949. The largest absolute Gasteiger partial charge is 0.313 e. The van der Waals surface area contributed by atoms with Gasteiger partial charge in [-0.25, -0.2) is 0 Å². The molecule has 1 heterocycles. The molecule has 4 heteroatoms. The predicted molar refractivity (Wildman–Crippen MR) is 93.5 cm³/mol. The van der Waals surface area contributed by atoms with Gasteiger partial charge in [0.25, 0.3) is 0 Å². The maximum atomic E-state index is 3.74. The molecule has 21 heavy (non-hydrogen) atoms. The Labute approximate surface area is 137 Å². The molecular weight excluding hydrogens is 326 g/mol. The van der Waals surface area contributed by atoms with Gasteiger partial charge in [0.05, 0.1) is 0 Å². The van der Waals surface area contributed by atoms with Gasteiger partial charge in [0.2, 0.25) is 0 Å². The first kappa shape index (κ1) is 16.9. The van der Waals surface area contributed by atoms with Crippen LogP contribution in [0.3, 0.4) is 0 Å². The zero-order valence-electron chi connectivity index (χ0n) is 13.4. The van der Waals surface area contributed by atoms with Crippen LogP contribution in [0.25, 0.3) is 0 Å². The molecule has 0 atom stereocenters. The summed E-state index contributed by atoms with van der Waals surface area (Å²) in [5, 5.41) is 3.37. The zero-order valence-corrected chi connectivity index (χ0v) is 15.0. The molecule has 1 aromatic rings. The van der Waals surface area contributed by atoms with E-state index in [4.69, 9.17) is 0 Å². The summed E-state index contributed by atoms with van der Waals surface area (Å²) >= 11 is 3.74. The summed E-state index contributed by atoms with van der Waals surface area (Å²) in [5.41, 5.74) is 2.75. The molecule has 1 aromatic carbocycles. The van der Waals surface area contributed by atoms with Crippen LogP contribution in [-0.4, -0.2) is 49.1 Å². The lowest BCUT2D eigenvalue weighted by Gasteiger charge is -2.34. The Balaban J connectivity index is 1.86. The van der Waals surface area contributed by atoms with E-state index in [1.807, 2.05) is 0 Å². The normalized spacial score (nSPS) is 17.3. The van der Waals surface area contributed by atoms with Crippen LogP contribution in [0.2, 0.25) is 0 Å². The molecule has 0 aromatic heterocycles. The highest BCUT2D eigenvalue weighted by molar-refractivity contribution is 9.10. The molecule has 1 saturated heterocycles. The molecule has 2 rings (SSSR count). The number of piperazine rings is 1. The maximum absolute atomic E-state index is 3.74. The molecule has 118 valence electrons. The number of hydrogen-bond acceptors (Lipinski definition) is 3. The van der Waals surface area contributed by atoms with E-state index in [1.54, 1.807) is 0 Å². The summed E-state index contributed by atoms with van der Waals surface area (Å²) in [5.74, 6) is 0. The maximum Gasteiger partial charge on any atom is 0.0246 e. The van der Waals surface area contributed by atoms with Crippen LogP contribution in [0.1, 0.15) is 31.4 Å². The van der Waals surface area contributed by atoms with Crippen molar-refractivity contribution in [3.05, 3.63) is 33.8 Å². The molecule has 1 aliphatic rings. The number of hydrogen-bond donors (Lipinski definition) is 1. The second-order valence-electron chi connectivity index (χ2n) is 5.82. The second-order valence-corrected chi connectivity index (χ2v) is 6.68. The van der Waals surface area contributed by atoms with E-state index in [-0.39, 0.29) is 0 Å². The Hall–Kier alpha value is -0.420. The standard InChI is InChI=1S/C17H28BrN3/c1-3-7-20-8-10-21(11-9-20)14-16-6-5-15(12-17(16)18)13-19-4-2/h5-6,12,19H,3-4,7-11,13-14H2,1-2H3. The summed E-state index contributed by atoms with van der Waals surface area (Å²) < 4.78 is 1.24. The fraction of sp³-hybridized carbons (Fsp3) is 0.647. The molecule has 0 saturated carbocycles. The molecule has 1 fully saturated rings. The lowest BCUT2D eigenvalue weighted by molar-refractivity contribution is 0.127. The molecule has 0 spiro atoms. The van der Waals surface area contributed by atoms with Crippen LogP contribution in [-0.2, 0) is 13.1 Å². The number of halogens is 1. The van der Waals surface area contributed by atoms with Crippen molar-refractivity contribution < 1.29 is 0 Å². The van der Waals surface area contributed by atoms with Gasteiger partial charge in [0, 0.05) is 43.7 Å². The molecule has 0 radical (unpaired) electrons. The van der Waals surface area contributed by atoms with Crippen molar-refractivity contribution in [3.63, 3.8) is 0 Å². The topological polar surface area (TPSA) is 18.5 Å². The van der Waals surface area contributed by atoms with E-state index in [0.29, 0.717) is 0 Å². The summed E-state index contributed by atoms with van der Waals surface area (Å²) in [7, 11) is 0. The van der Waals surface area contributed by atoms with Gasteiger partial charge in [0.1, 0.15) is 0 Å². The van der Waals surface area contributed by atoms with Gasteiger partial charge < -0.3 is 10.2 Å². The van der Waals surface area contributed by atoms with E-state index in [9.17, 15) is 0 Å². The molecule has 1 aliphatic heterocycles. The first-order valence-electron chi connectivity index (χ1n) is 8.15. The number of benzene rings is 1. The first-order valence-corrected chi connectivity index (χ1v) is 8.95. The van der Waals surface area contributed by atoms with E-state index >= 15 is 0 Å².